The third kappa shape index (κ3) is 7.03. The van der Waals surface area contributed by atoms with Gasteiger partial charge in [0.25, 0.3) is 5.69 Å². The van der Waals surface area contributed by atoms with Crippen LogP contribution in [0.3, 0.4) is 0 Å². The second-order valence-electron chi connectivity index (χ2n) is 3.95. The molecule has 7 heteroatoms. The molecule has 0 aromatic heterocycles. The molecule has 0 bridgehead atoms. The predicted molar refractivity (Wildman–Crippen MR) is 74.2 cm³/mol. The van der Waals surface area contributed by atoms with Gasteiger partial charge in [-0.05, 0) is 12.1 Å². The van der Waals surface area contributed by atoms with Crippen molar-refractivity contribution in [1.29, 1.82) is 0 Å². The van der Waals surface area contributed by atoms with Crippen LogP contribution in [0, 0.1) is 10.1 Å². The molecule has 1 aromatic carbocycles. The average molecular weight is 284 g/mol. The Morgan fingerprint density at radius 1 is 1.10 bits per heavy atom. The summed E-state index contributed by atoms with van der Waals surface area (Å²) in [5.74, 6) is 0.619. The van der Waals surface area contributed by atoms with E-state index < -0.39 is 4.92 Å². The van der Waals surface area contributed by atoms with Crippen LogP contribution in [-0.4, -0.2) is 51.6 Å². The van der Waals surface area contributed by atoms with Crippen LogP contribution in [0.5, 0.6) is 5.75 Å². The Labute approximate surface area is 118 Å². The molecule has 0 radical (unpaired) electrons. The second kappa shape index (κ2) is 10.1. The molecule has 0 saturated carbocycles. The highest BCUT2D eigenvalue weighted by atomic mass is 16.6. The molecule has 0 aliphatic carbocycles. The van der Waals surface area contributed by atoms with Gasteiger partial charge in [-0.15, -0.1) is 0 Å². The molecule has 0 amide bonds. The summed E-state index contributed by atoms with van der Waals surface area (Å²) in [6.07, 6.45) is 0. The maximum Gasteiger partial charge on any atom is 0.269 e. The molecule has 1 N–H and O–H groups in total. The van der Waals surface area contributed by atoms with Crippen molar-refractivity contribution in [3.05, 3.63) is 34.4 Å². The zero-order valence-electron chi connectivity index (χ0n) is 11.5. The maximum absolute atomic E-state index is 10.5. The van der Waals surface area contributed by atoms with E-state index in [1.807, 2.05) is 0 Å². The summed E-state index contributed by atoms with van der Waals surface area (Å²) in [7, 11) is 1.64. The summed E-state index contributed by atoms with van der Waals surface area (Å²) in [6.45, 7) is 3.75. The molecule has 0 fully saturated rings. The largest absolute Gasteiger partial charge is 0.492 e. The molecule has 0 unspecified atom stereocenters. The number of benzene rings is 1. The average Bonchev–Trinajstić information content (AvgIpc) is 2.46. The molecule has 0 spiro atoms. The Hall–Kier alpha value is -1.70. The van der Waals surface area contributed by atoms with Crippen molar-refractivity contribution in [2.24, 2.45) is 0 Å². The molecular weight excluding hydrogens is 264 g/mol. The van der Waals surface area contributed by atoms with Gasteiger partial charge in [-0.1, -0.05) is 0 Å². The van der Waals surface area contributed by atoms with E-state index in [0.717, 1.165) is 6.54 Å². The van der Waals surface area contributed by atoms with Crippen LogP contribution in [0.4, 0.5) is 5.69 Å². The standard InChI is InChI=1S/C13H20N2O5/c1-18-10-11-19-8-6-14-7-9-20-13-4-2-12(3-5-13)15(16)17/h2-5,14H,6-11H2,1H3. The molecule has 1 rings (SSSR count). The van der Waals surface area contributed by atoms with Gasteiger partial charge >= 0.3 is 0 Å². The minimum Gasteiger partial charge on any atom is -0.492 e. The lowest BCUT2D eigenvalue weighted by atomic mass is 10.3. The molecule has 0 saturated heterocycles. The van der Waals surface area contributed by atoms with E-state index in [2.05, 4.69) is 5.32 Å². The van der Waals surface area contributed by atoms with E-state index in [0.29, 0.717) is 38.7 Å². The van der Waals surface area contributed by atoms with Crippen molar-refractivity contribution in [3.63, 3.8) is 0 Å². The molecule has 0 aliphatic heterocycles. The number of hydrogen-bond donors (Lipinski definition) is 1. The van der Waals surface area contributed by atoms with Gasteiger partial charge in [-0.25, -0.2) is 0 Å². The first-order valence-corrected chi connectivity index (χ1v) is 6.38. The monoisotopic (exact) mass is 284 g/mol. The highest BCUT2D eigenvalue weighted by Gasteiger charge is 2.03. The molecule has 1 aromatic rings. The molecule has 7 nitrogen and oxygen atoms in total. The lowest BCUT2D eigenvalue weighted by Crippen LogP contribution is -2.25. The Bertz CT molecular complexity index is 383. The van der Waals surface area contributed by atoms with E-state index in [1.165, 1.54) is 12.1 Å². The van der Waals surface area contributed by atoms with Crippen LogP contribution in [0.2, 0.25) is 0 Å². The highest BCUT2D eigenvalue weighted by Crippen LogP contribution is 2.16. The zero-order chi connectivity index (χ0) is 14.6. The Kier molecular flexibility index (Phi) is 8.28. The number of ether oxygens (including phenoxy) is 3. The summed E-state index contributed by atoms with van der Waals surface area (Å²) in [5, 5.41) is 13.6. The van der Waals surface area contributed by atoms with Crippen LogP contribution in [0.25, 0.3) is 0 Å². The molecular formula is C13H20N2O5. The topological polar surface area (TPSA) is 82.9 Å². The SMILES string of the molecule is COCCOCCNCCOc1ccc([N+](=O)[O-])cc1. The molecule has 0 aliphatic rings. The smallest absolute Gasteiger partial charge is 0.269 e. The number of rotatable bonds is 11. The van der Waals surface area contributed by atoms with Crippen molar-refractivity contribution in [2.75, 3.05) is 46.6 Å². The Balaban J connectivity index is 2.02. The van der Waals surface area contributed by atoms with Gasteiger partial charge in [0.15, 0.2) is 0 Å². The quantitative estimate of drug-likeness (QED) is 0.374. The third-order valence-electron chi connectivity index (χ3n) is 2.45. The van der Waals surface area contributed by atoms with E-state index in [4.69, 9.17) is 14.2 Å². The van der Waals surface area contributed by atoms with Gasteiger partial charge in [-0.3, -0.25) is 10.1 Å². The number of nitrogens with zero attached hydrogens (tertiary/aromatic N) is 1. The Morgan fingerprint density at radius 2 is 1.80 bits per heavy atom. The normalized spacial score (nSPS) is 10.4. The first-order chi connectivity index (χ1) is 9.74. The lowest BCUT2D eigenvalue weighted by molar-refractivity contribution is -0.384. The minimum absolute atomic E-state index is 0.0590. The zero-order valence-corrected chi connectivity index (χ0v) is 11.5. The summed E-state index contributed by atoms with van der Waals surface area (Å²) < 4.78 is 15.6. The minimum atomic E-state index is -0.436. The number of non-ortho nitro benzene ring substituents is 1. The Morgan fingerprint density at radius 3 is 2.45 bits per heavy atom. The van der Waals surface area contributed by atoms with E-state index >= 15 is 0 Å². The van der Waals surface area contributed by atoms with Crippen LogP contribution in [0.15, 0.2) is 24.3 Å². The first-order valence-electron chi connectivity index (χ1n) is 6.38. The van der Waals surface area contributed by atoms with Gasteiger partial charge in [0.05, 0.1) is 24.7 Å². The maximum atomic E-state index is 10.5. The first kappa shape index (κ1) is 16.4. The summed E-state index contributed by atoms with van der Waals surface area (Å²) in [6, 6.07) is 6.02. The molecule has 0 atom stereocenters. The summed E-state index contributed by atoms with van der Waals surface area (Å²) >= 11 is 0. The van der Waals surface area contributed by atoms with E-state index in [-0.39, 0.29) is 5.69 Å². The lowest BCUT2D eigenvalue weighted by Gasteiger charge is -2.08. The van der Waals surface area contributed by atoms with Gasteiger partial charge in [-0.2, -0.15) is 0 Å². The summed E-state index contributed by atoms with van der Waals surface area (Å²) in [4.78, 5) is 10.0. The number of nitro groups is 1. The fourth-order valence-corrected chi connectivity index (χ4v) is 1.42. The molecule has 112 valence electrons. The highest BCUT2D eigenvalue weighted by molar-refractivity contribution is 5.35. The van der Waals surface area contributed by atoms with Gasteiger partial charge in [0.1, 0.15) is 12.4 Å². The number of methoxy groups -OCH3 is 1. The van der Waals surface area contributed by atoms with Gasteiger partial charge in [0, 0.05) is 32.3 Å². The second-order valence-corrected chi connectivity index (χ2v) is 3.95. The fourth-order valence-electron chi connectivity index (χ4n) is 1.42. The number of hydrogen-bond acceptors (Lipinski definition) is 6. The fraction of sp³-hybridized carbons (Fsp3) is 0.538. The predicted octanol–water partition coefficient (Wildman–Crippen LogP) is 1.23. The van der Waals surface area contributed by atoms with Crippen molar-refractivity contribution in [3.8, 4) is 5.75 Å². The van der Waals surface area contributed by atoms with Gasteiger partial charge in [0.2, 0.25) is 0 Å². The van der Waals surface area contributed by atoms with Crippen LogP contribution in [-0.2, 0) is 9.47 Å². The van der Waals surface area contributed by atoms with Crippen molar-refractivity contribution in [1.82, 2.24) is 5.32 Å². The molecule has 20 heavy (non-hydrogen) atoms. The summed E-state index contributed by atoms with van der Waals surface area (Å²) in [5.41, 5.74) is 0.0590. The third-order valence-corrected chi connectivity index (χ3v) is 2.45. The van der Waals surface area contributed by atoms with Crippen molar-refractivity contribution in [2.45, 2.75) is 0 Å². The van der Waals surface area contributed by atoms with Crippen molar-refractivity contribution >= 4 is 5.69 Å². The van der Waals surface area contributed by atoms with Crippen LogP contribution in [0.1, 0.15) is 0 Å². The van der Waals surface area contributed by atoms with E-state index in [1.54, 1.807) is 19.2 Å². The number of nitro benzene ring substituents is 1. The molecule has 0 heterocycles. The van der Waals surface area contributed by atoms with E-state index in [9.17, 15) is 10.1 Å². The number of nitrogens with one attached hydrogen (secondary N) is 1. The van der Waals surface area contributed by atoms with Crippen LogP contribution < -0.4 is 10.1 Å². The van der Waals surface area contributed by atoms with Crippen LogP contribution >= 0.6 is 0 Å². The van der Waals surface area contributed by atoms with Crippen molar-refractivity contribution < 1.29 is 19.1 Å². The van der Waals surface area contributed by atoms with Gasteiger partial charge < -0.3 is 19.5 Å².